The Hall–Kier alpha value is -3.32. The van der Waals surface area contributed by atoms with Gasteiger partial charge in [-0.1, -0.05) is 75.5 Å². The zero-order chi connectivity index (χ0) is 24.4. The van der Waals surface area contributed by atoms with Crippen LogP contribution in [0.5, 0.6) is 5.75 Å². The number of anilines is 1. The number of rotatable bonds is 6. The van der Waals surface area contributed by atoms with Gasteiger partial charge in [-0.3, -0.25) is 5.43 Å². The summed E-state index contributed by atoms with van der Waals surface area (Å²) < 4.78 is 7.99. The molecule has 35 heavy (non-hydrogen) atoms. The fourth-order valence-corrected chi connectivity index (χ4v) is 5.03. The van der Waals surface area contributed by atoms with Crippen LogP contribution in [0.3, 0.4) is 0 Å². The van der Waals surface area contributed by atoms with Crippen LogP contribution < -0.4 is 10.2 Å². The van der Waals surface area contributed by atoms with E-state index in [-0.39, 0.29) is 0 Å². The maximum absolute atomic E-state index is 6.33. The van der Waals surface area contributed by atoms with Gasteiger partial charge in [0.2, 0.25) is 0 Å². The summed E-state index contributed by atoms with van der Waals surface area (Å²) >= 11 is 16.0. The molecule has 0 aliphatic rings. The second-order valence-electron chi connectivity index (χ2n) is 7.76. The highest BCUT2D eigenvalue weighted by Gasteiger charge is 2.13. The fourth-order valence-electron chi connectivity index (χ4n) is 3.73. The molecule has 0 spiro atoms. The molecule has 0 bridgehead atoms. The zero-order valence-electron chi connectivity index (χ0n) is 18.5. The highest BCUT2D eigenvalue weighted by atomic mass is 79.9. The minimum Gasteiger partial charge on any atom is -0.497 e. The van der Waals surface area contributed by atoms with Gasteiger partial charge in [0, 0.05) is 21.8 Å². The van der Waals surface area contributed by atoms with Crippen molar-refractivity contribution in [2.24, 2.45) is 5.10 Å². The lowest BCUT2D eigenvalue weighted by Crippen LogP contribution is -1.94. The Morgan fingerprint density at radius 3 is 2.40 bits per heavy atom. The number of hydrogen-bond donors (Lipinski definition) is 1. The van der Waals surface area contributed by atoms with Gasteiger partial charge in [-0.15, -0.1) is 0 Å². The Labute approximate surface area is 221 Å². The molecule has 0 aliphatic heterocycles. The smallest absolute Gasteiger partial charge is 0.119 e. The van der Waals surface area contributed by atoms with Crippen LogP contribution in [0.15, 0.2) is 94.6 Å². The number of fused-ring (bicyclic) bond motifs is 1. The minimum absolute atomic E-state index is 0.465. The first-order valence-corrected chi connectivity index (χ1v) is 12.2. The largest absolute Gasteiger partial charge is 0.497 e. The van der Waals surface area contributed by atoms with E-state index in [9.17, 15) is 0 Å². The molecular weight excluding hydrogens is 547 g/mol. The molecule has 1 heterocycles. The number of hydrazone groups is 1. The maximum atomic E-state index is 6.33. The SMILES string of the molecule is COc1ccc2cc(-c3nn(-c4ccccc4)cc3C=NNc3c(Cl)cc(Br)cc3Cl)ccc2c1. The van der Waals surface area contributed by atoms with E-state index in [1.165, 1.54) is 0 Å². The van der Waals surface area contributed by atoms with Crippen LogP contribution in [0.1, 0.15) is 5.56 Å². The minimum atomic E-state index is 0.465. The number of halogens is 3. The van der Waals surface area contributed by atoms with Crippen molar-refractivity contribution in [3.05, 3.63) is 105 Å². The van der Waals surface area contributed by atoms with Crippen molar-refractivity contribution >= 4 is 61.8 Å². The van der Waals surface area contributed by atoms with Crippen LogP contribution in [-0.4, -0.2) is 23.1 Å². The van der Waals surface area contributed by atoms with Gasteiger partial charge >= 0.3 is 0 Å². The van der Waals surface area contributed by atoms with E-state index in [0.717, 1.165) is 43.5 Å². The van der Waals surface area contributed by atoms with Crippen molar-refractivity contribution in [3.8, 4) is 22.7 Å². The number of benzene rings is 4. The summed E-state index contributed by atoms with van der Waals surface area (Å²) in [5, 5.41) is 12.4. The molecule has 0 fully saturated rings. The van der Waals surface area contributed by atoms with Gasteiger partial charge < -0.3 is 4.74 Å². The lowest BCUT2D eigenvalue weighted by Gasteiger charge is -2.07. The molecule has 4 aromatic carbocycles. The molecule has 0 radical (unpaired) electrons. The number of para-hydroxylation sites is 1. The van der Waals surface area contributed by atoms with Crippen molar-refractivity contribution in [1.29, 1.82) is 0 Å². The summed E-state index contributed by atoms with van der Waals surface area (Å²) in [6.45, 7) is 0. The quantitative estimate of drug-likeness (QED) is 0.167. The van der Waals surface area contributed by atoms with Gasteiger partial charge in [-0.25, -0.2) is 4.68 Å². The Morgan fingerprint density at radius 2 is 1.66 bits per heavy atom. The summed E-state index contributed by atoms with van der Waals surface area (Å²) in [6, 6.07) is 25.7. The standard InChI is InChI=1S/C27H19BrCl2N4O/c1-35-23-10-9-17-11-19(8-7-18(17)12-23)26-20(16-34(33-26)22-5-3-2-4-6-22)15-31-32-27-24(29)13-21(28)14-25(27)30/h2-16,32H,1H3. The second-order valence-corrected chi connectivity index (χ2v) is 9.49. The molecule has 5 rings (SSSR count). The van der Waals surface area contributed by atoms with Crippen LogP contribution >= 0.6 is 39.1 Å². The monoisotopic (exact) mass is 564 g/mol. The second kappa shape index (κ2) is 10.1. The molecule has 0 saturated carbocycles. The van der Waals surface area contributed by atoms with Gasteiger partial charge in [0.25, 0.3) is 0 Å². The third-order valence-corrected chi connectivity index (χ3v) is 6.53. The van der Waals surface area contributed by atoms with Gasteiger partial charge in [-0.05, 0) is 53.2 Å². The van der Waals surface area contributed by atoms with Crippen molar-refractivity contribution < 1.29 is 4.74 Å². The van der Waals surface area contributed by atoms with Gasteiger partial charge in [0.1, 0.15) is 11.4 Å². The molecule has 0 atom stereocenters. The zero-order valence-corrected chi connectivity index (χ0v) is 21.6. The number of nitrogens with one attached hydrogen (secondary N) is 1. The Morgan fingerprint density at radius 1 is 0.943 bits per heavy atom. The first-order chi connectivity index (χ1) is 17.0. The van der Waals surface area contributed by atoms with E-state index >= 15 is 0 Å². The number of ether oxygens (including phenoxy) is 1. The van der Waals surface area contributed by atoms with Crippen molar-refractivity contribution in [1.82, 2.24) is 9.78 Å². The first kappa shape index (κ1) is 23.4. The molecule has 5 aromatic rings. The Kier molecular flexibility index (Phi) is 6.77. The number of hydrogen-bond acceptors (Lipinski definition) is 4. The number of nitrogens with zero attached hydrogens (tertiary/aromatic N) is 3. The molecule has 0 aliphatic carbocycles. The molecular formula is C27H19BrCl2N4O. The average molecular weight is 566 g/mol. The number of aromatic nitrogens is 2. The average Bonchev–Trinajstić information content (AvgIpc) is 3.29. The van der Waals surface area contributed by atoms with Crippen LogP contribution in [0.2, 0.25) is 10.0 Å². The van der Waals surface area contributed by atoms with E-state index in [2.05, 4.69) is 38.6 Å². The number of methoxy groups -OCH3 is 1. The Balaban J connectivity index is 1.55. The van der Waals surface area contributed by atoms with E-state index in [1.54, 1.807) is 25.5 Å². The van der Waals surface area contributed by atoms with E-state index in [4.69, 9.17) is 33.0 Å². The molecule has 0 unspecified atom stereocenters. The van der Waals surface area contributed by atoms with Gasteiger partial charge in [0.05, 0.1) is 34.7 Å². The van der Waals surface area contributed by atoms with Crippen molar-refractivity contribution in [2.75, 3.05) is 12.5 Å². The van der Waals surface area contributed by atoms with E-state index in [1.807, 2.05) is 65.5 Å². The molecule has 8 heteroatoms. The highest BCUT2D eigenvalue weighted by Crippen LogP contribution is 2.34. The van der Waals surface area contributed by atoms with Crippen LogP contribution in [0, 0.1) is 0 Å². The van der Waals surface area contributed by atoms with Gasteiger partial charge in [-0.2, -0.15) is 10.2 Å². The fraction of sp³-hybridized carbons (Fsp3) is 0.0370. The summed E-state index contributed by atoms with van der Waals surface area (Å²) in [4.78, 5) is 0. The molecule has 0 saturated heterocycles. The van der Waals surface area contributed by atoms with Crippen LogP contribution in [0.25, 0.3) is 27.7 Å². The maximum Gasteiger partial charge on any atom is 0.119 e. The predicted molar refractivity (Wildman–Crippen MR) is 148 cm³/mol. The Bertz CT molecular complexity index is 1530. The lowest BCUT2D eigenvalue weighted by molar-refractivity contribution is 0.415. The normalized spacial score (nSPS) is 11.3. The topological polar surface area (TPSA) is 51.4 Å². The molecule has 1 N–H and O–H groups in total. The lowest BCUT2D eigenvalue weighted by atomic mass is 10.0. The molecule has 174 valence electrons. The molecule has 5 nitrogen and oxygen atoms in total. The summed E-state index contributed by atoms with van der Waals surface area (Å²) in [5.74, 6) is 0.822. The van der Waals surface area contributed by atoms with Crippen LogP contribution in [-0.2, 0) is 0 Å². The van der Waals surface area contributed by atoms with Crippen molar-refractivity contribution in [3.63, 3.8) is 0 Å². The van der Waals surface area contributed by atoms with Crippen LogP contribution in [0.4, 0.5) is 5.69 Å². The summed E-state index contributed by atoms with van der Waals surface area (Å²) in [7, 11) is 1.67. The third-order valence-electron chi connectivity index (χ3n) is 5.47. The highest BCUT2D eigenvalue weighted by molar-refractivity contribution is 9.10. The van der Waals surface area contributed by atoms with Crippen molar-refractivity contribution in [2.45, 2.75) is 0 Å². The van der Waals surface area contributed by atoms with E-state index < -0.39 is 0 Å². The first-order valence-electron chi connectivity index (χ1n) is 10.7. The third kappa shape index (κ3) is 5.05. The predicted octanol–water partition coefficient (Wildman–Crippen LogP) is 8.22. The summed E-state index contributed by atoms with van der Waals surface area (Å²) in [6.07, 6.45) is 3.66. The van der Waals surface area contributed by atoms with Gasteiger partial charge in [0.15, 0.2) is 0 Å². The molecule has 0 amide bonds. The van der Waals surface area contributed by atoms with E-state index in [0.29, 0.717) is 15.7 Å². The molecule has 1 aromatic heterocycles. The summed E-state index contributed by atoms with van der Waals surface area (Å²) in [5.41, 5.74) is 7.04.